The number of para-hydroxylation sites is 2. The van der Waals surface area contributed by atoms with E-state index in [4.69, 9.17) is 22.1 Å². The zero-order valence-electron chi connectivity index (χ0n) is 9.88. The Labute approximate surface area is 114 Å². The van der Waals surface area contributed by atoms with E-state index in [2.05, 4.69) is 0 Å². The maximum Gasteiger partial charge on any atom is 0.311 e. The van der Waals surface area contributed by atoms with Crippen molar-refractivity contribution in [2.75, 3.05) is 0 Å². The third-order valence-electron chi connectivity index (χ3n) is 2.53. The predicted octanol–water partition coefficient (Wildman–Crippen LogP) is 3.50. The second-order valence-corrected chi connectivity index (χ2v) is 4.22. The van der Waals surface area contributed by atoms with E-state index in [0.29, 0.717) is 10.8 Å². The molecule has 0 saturated carbocycles. The van der Waals surface area contributed by atoms with Crippen molar-refractivity contribution in [2.24, 2.45) is 5.73 Å². The first-order valence-corrected chi connectivity index (χ1v) is 5.89. The molecule has 0 atom stereocenters. The van der Waals surface area contributed by atoms with Crippen LogP contribution < -0.4 is 10.5 Å². The Hall–Kier alpha value is -2.11. The molecule has 0 aliphatic heterocycles. The van der Waals surface area contributed by atoms with Crippen molar-refractivity contribution in [3.63, 3.8) is 0 Å². The fourth-order valence-corrected chi connectivity index (χ4v) is 1.77. The van der Waals surface area contributed by atoms with Gasteiger partial charge in [-0.15, -0.1) is 0 Å². The summed E-state index contributed by atoms with van der Waals surface area (Å²) in [6, 6.07) is 11.1. The van der Waals surface area contributed by atoms with Crippen LogP contribution in [-0.4, -0.2) is 4.92 Å². The van der Waals surface area contributed by atoms with Gasteiger partial charge in [-0.25, -0.2) is 0 Å². The van der Waals surface area contributed by atoms with Gasteiger partial charge in [-0.2, -0.15) is 0 Å². The molecule has 0 spiro atoms. The number of hydrogen-bond donors (Lipinski definition) is 1. The van der Waals surface area contributed by atoms with Crippen molar-refractivity contribution in [1.29, 1.82) is 0 Å². The molecule has 0 fully saturated rings. The number of nitrogens with zero attached hydrogens (tertiary/aromatic N) is 1. The van der Waals surface area contributed by atoms with Crippen LogP contribution in [0.1, 0.15) is 5.56 Å². The molecule has 0 bridgehead atoms. The van der Waals surface area contributed by atoms with E-state index in [-0.39, 0.29) is 18.0 Å². The molecule has 98 valence electrons. The molecule has 0 aliphatic carbocycles. The van der Waals surface area contributed by atoms with Crippen LogP contribution in [0.25, 0.3) is 0 Å². The first-order chi connectivity index (χ1) is 9.11. The zero-order valence-corrected chi connectivity index (χ0v) is 10.6. The molecule has 2 aromatic rings. The highest BCUT2D eigenvalue weighted by Gasteiger charge is 2.15. The number of rotatable bonds is 4. The van der Waals surface area contributed by atoms with E-state index < -0.39 is 4.92 Å². The van der Waals surface area contributed by atoms with Crippen LogP contribution in [0.5, 0.6) is 11.5 Å². The first-order valence-electron chi connectivity index (χ1n) is 5.51. The molecule has 0 aliphatic rings. The Morgan fingerprint density at radius 3 is 2.63 bits per heavy atom. The second kappa shape index (κ2) is 5.69. The van der Waals surface area contributed by atoms with Gasteiger partial charge >= 0.3 is 5.69 Å². The molecule has 0 radical (unpaired) electrons. The number of ether oxygens (including phenoxy) is 1. The van der Waals surface area contributed by atoms with Crippen LogP contribution in [0.4, 0.5) is 5.69 Å². The number of hydrogen-bond acceptors (Lipinski definition) is 4. The maximum absolute atomic E-state index is 10.9. The van der Waals surface area contributed by atoms with Crippen LogP contribution in [0, 0.1) is 10.1 Å². The minimum atomic E-state index is -0.498. The summed E-state index contributed by atoms with van der Waals surface area (Å²) in [5, 5.41) is 11.4. The molecule has 6 heteroatoms. The van der Waals surface area contributed by atoms with Gasteiger partial charge in [0.2, 0.25) is 5.75 Å². The number of benzene rings is 2. The Bertz CT molecular complexity index is 617. The maximum atomic E-state index is 10.9. The highest BCUT2D eigenvalue weighted by Crippen LogP contribution is 2.33. The van der Waals surface area contributed by atoms with E-state index in [0.717, 1.165) is 5.56 Å². The summed E-state index contributed by atoms with van der Waals surface area (Å²) >= 11 is 5.89. The van der Waals surface area contributed by atoms with E-state index >= 15 is 0 Å². The minimum absolute atomic E-state index is 0.106. The van der Waals surface area contributed by atoms with Gasteiger partial charge in [-0.1, -0.05) is 29.8 Å². The fourth-order valence-electron chi connectivity index (χ4n) is 1.60. The Balaban J connectivity index is 2.41. The summed E-state index contributed by atoms with van der Waals surface area (Å²) < 4.78 is 5.57. The zero-order chi connectivity index (χ0) is 13.8. The third-order valence-corrected chi connectivity index (χ3v) is 2.77. The summed E-state index contributed by atoms with van der Waals surface area (Å²) in [4.78, 5) is 10.4. The molecule has 2 N–H and O–H groups in total. The van der Waals surface area contributed by atoms with Crippen LogP contribution in [0.3, 0.4) is 0 Å². The molecule has 0 heterocycles. The fraction of sp³-hybridized carbons (Fsp3) is 0.0769. The van der Waals surface area contributed by atoms with Gasteiger partial charge in [-0.3, -0.25) is 10.1 Å². The van der Waals surface area contributed by atoms with Gasteiger partial charge in [0.25, 0.3) is 0 Å². The van der Waals surface area contributed by atoms with E-state index in [9.17, 15) is 10.1 Å². The second-order valence-electron chi connectivity index (χ2n) is 3.78. The SMILES string of the molecule is NCc1ccc(Cl)cc1Oc1ccccc1[N+](=O)[O-]. The normalized spacial score (nSPS) is 10.2. The molecule has 5 nitrogen and oxygen atoms in total. The summed E-state index contributed by atoms with van der Waals surface area (Å²) in [5.41, 5.74) is 6.21. The quantitative estimate of drug-likeness (QED) is 0.686. The van der Waals surface area contributed by atoms with Gasteiger partial charge in [0.15, 0.2) is 0 Å². The average molecular weight is 279 g/mol. The van der Waals surface area contributed by atoms with Crippen LogP contribution in [0.15, 0.2) is 42.5 Å². The minimum Gasteiger partial charge on any atom is -0.450 e. The molecule has 0 amide bonds. The molecule has 0 unspecified atom stereocenters. The number of halogens is 1. The topological polar surface area (TPSA) is 78.4 Å². The Morgan fingerprint density at radius 2 is 1.95 bits per heavy atom. The number of nitro benzene ring substituents is 1. The van der Waals surface area contributed by atoms with Crippen molar-refractivity contribution >= 4 is 17.3 Å². The largest absolute Gasteiger partial charge is 0.450 e. The van der Waals surface area contributed by atoms with Crippen molar-refractivity contribution < 1.29 is 9.66 Å². The smallest absolute Gasteiger partial charge is 0.311 e. The number of nitro groups is 1. The van der Waals surface area contributed by atoms with E-state index in [1.54, 1.807) is 30.3 Å². The van der Waals surface area contributed by atoms with Crippen LogP contribution in [-0.2, 0) is 6.54 Å². The first kappa shape index (κ1) is 13.3. The molecular weight excluding hydrogens is 268 g/mol. The van der Waals surface area contributed by atoms with Crippen molar-refractivity contribution in [3.05, 3.63) is 63.2 Å². The highest BCUT2D eigenvalue weighted by molar-refractivity contribution is 6.30. The van der Waals surface area contributed by atoms with Crippen molar-refractivity contribution in [1.82, 2.24) is 0 Å². The van der Waals surface area contributed by atoms with E-state index in [1.807, 2.05) is 0 Å². The van der Waals surface area contributed by atoms with Crippen molar-refractivity contribution in [2.45, 2.75) is 6.54 Å². The summed E-state index contributed by atoms with van der Waals surface area (Å²) in [6.07, 6.45) is 0. The summed E-state index contributed by atoms with van der Waals surface area (Å²) in [6.45, 7) is 0.257. The van der Waals surface area contributed by atoms with Gasteiger partial charge in [0.1, 0.15) is 5.75 Å². The Kier molecular flexibility index (Phi) is 3.99. The number of nitrogens with two attached hydrogens (primary N) is 1. The van der Waals surface area contributed by atoms with Gasteiger partial charge in [-0.05, 0) is 18.2 Å². The molecule has 2 rings (SSSR count). The van der Waals surface area contributed by atoms with Crippen LogP contribution in [0.2, 0.25) is 5.02 Å². The predicted molar refractivity (Wildman–Crippen MR) is 72.5 cm³/mol. The standard InChI is InChI=1S/C13H11ClN2O3/c14-10-6-5-9(8-15)13(7-10)19-12-4-2-1-3-11(12)16(17)18/h1-7H,8,15H2. The molecular formula is C13H11ClN2O3. The molecule has 2 aromatic carbocycles. The van der Waals surface area contributed by atoms with Crippen LogP contribution >= 0.6 is 11.6 Å². The summed E-state index contributed by atoms with van der Waals surface area (Å²) in [7, 11) is 0. The van der Waals surface area contributed by atoms with Gasteiger partial charge in [0.05, 0.1) is 4.92 Å². The lowest BCUT2D eigenvalue weighted by molar-refractivity contribution is -0.385. The average Bonchev–Trinajstić information content (AvgIpc) is 2.39. The highest BCUT2D eigenvalue weighted by atomic mass is 35.5. The molecule has 0 saturated heterocycles. The van der Waals surface area contributed by atoms with Crippen molar-refractivity contribution in [3.8, 4) is 11.5 Å². The third kappa shape index (κ3) is 3.01. The van der Waals surface area contributed by atoms with Gasteiger partial charge < -0.3 is 10.5 Å². The molecule has 0 aromatic heterocycles. The molecule has 19 heavy (non-hydrogen) atoms. The van der Waals surface area contributed by atoms with E-state index in [1.165, 1.54) is 12.1 Å². The lowest BCUT2D eigenvalue weighted by Gasteiger charge is -2.10. The summed E-state index contributed by atoms with van der Waals surface area (Å²) in [5.74, 6) is 0.578. The Morgan fingerprint density at radius 1 is 1.21 bits per heavy atom. The van der Waals surface area contributed by atoms with Gasteiger partial charge in [0, 0.05) is 23.2 Å². The monoisotopic (exact) mass is 278 g/mol. The lowest BCUT2D eigenvalue weighted by Crippen LogP contribution is -2.00. The lowest BCUT2D eigenvalue weighted by atomic mass is 10.2.